The first-order valence-corrected chi connectivity index (χ1v) is 15.5. The fourth-order valence-electron chi connectivity index (χ4n) is 3.52. The normalized spacial score (nSPS) is 11.7. The summed E-state index contributed by atoms with van der Waals surface area (Å²) in [6.45, 7) is 4.60. The molecule has 0 radical (unpaired) electrons. The molecule has 2 aromatic carbocycles. The lowest BCUT2D eigenvalue weighted by Crippen LogP contribution is -2.14. The number of esters is 1. The third-order valence-corrected chi connectivity index (χ3v) is 8.32. The molecule has 0 saturated carbocycles. The average Bonchev–Trinajstić information content (AvgIpc) is 3.24. The van der Waals surface area contributed by atoms with Crippen molar-refractivity contribution in [3.8, 4) is 11.1 Å². The molecular formula is C26H32N4O4S3. The Morgan fingerprint density at radius 3 is 2.46 bits per heavy atom. The molecule has 1 aromatic heterocycles. The number of imidazole rings is 1. The van der Waals surface area contributed by atoms with Crippen molar-refractivity contribution in [2.75, 3.05) is 32.7 Å². The smallest absolute Gasteiger partial charge is 0.357 e. The van der Waals surface area contributed by atoms with Gasteiger partial charge >= 0.3 is 5.97 Å². The Hall–Kier alpha value is -2.76. The molecule has 198 valence electrons. The monoisotopic (exact) mass is 560 g/mol. The van der Waals surface area contributed by atoms with E-state index in [2.05, 4.69) is 11.3 Å². The number of aromatic nitrogens is 2. The van der Waals surface area contributed by atoms with Crippen molar-refractivity contribution < 1.29 is 17.9 Å². The minimum Gasteiger partial charge on any atom is -0.461 e. The van der Waals surface area contributed by atoms with Crippen molar-refractivity contribution in [1.82, 2.24) is 14.5 Å². The molecule has 0 N–H and O–H groups in total. The third-order valence-electron chi connectivity index (χ3n) is 5.19. The molecule has 0 saturated heterocycles. The quantitative estimate of drug-likeness (QED) is 0.128. The summed E-state index contributed by atoms with van der Waals surface area (Å²) in [7, 11) is -0.441. The number of thioether (sulfide) groups is 2. The minimum atomic E-state index is -3.87. The lowest BCUT2D eigenvalue weighted by atomic mass is 10.0. The number of sulfonamides is 1. The van der Waals surface area contributed by atoms with Crippen LogP contribution in [0.4, 0.5) is 0 Å². The largest absolute Gasteiger partial charge is 0.461 e. The number of nitrogens with zero attached hydrogens (tertiary/aromatic N) is 4. The van der Waals surface area contributed by atoms with E-state index in [1.807, 2.05) is 35.1 Å². The van der Waals surface area contributed by atoms with Gasteiger partial charge in [0.15, 0.2) is 10.9 Å². The van der Waals surface area contributed by atoms with Gasteiger partial charge in [0.05, 0.1) is 18.0 Å². The Kier molecular flexibility index (Phi) is 10.2. The van der Waals surface area contributed by atoms with E-state index < -0.39 is 16.0 Å². The summed E-state index contributed by atoms with van der Waals surface area (Å²) in [5.41, 5.74) is 2.73. The molecule has 0 fully saturated rings. The summed E-state index contributed by atoms with van der Waals surface area (Å²) in [4.78, 5) is 19.2. The number of carbonyl (C=O) groups excluding carboxylic acids is 1. The second kappa shape index (κ2) is 13.2. The molecule has 0 amide bonds. The second-order valence-corrected chi connectivity index (χ2v) is 11.7. The second-order valence-electron chi connectivity index (χ2n) is 8.26. The van der Waals surface area contributed by atoms with Crippen molar-refractivity contribution in [2.24, 2.45) is 4.40 Å². The highest BCUT2D eigenvalue weighted by atomic mass is 32.2. The minimum absolute atomic E-state index is 0.142. The maximum Gasteiger partial charge on any atom is 0.357 e. The van der Waals surface area contributed by atoms with E-state index in [1.165, 1.54) is 18.1 Å². The van der Waals surface area contributed by atoms with Crippen LogP contribution in [-0.4, -0.2) is 67.9 Å². The van der Waals surface area contributed by atoms with Crippen molar-refractivity contribution >= 4 is 45.9 Å². The molecule has 3 rings (SSSR count). The summed E-state index contributed by atoms with van der Waals surface area (Å²) < 4.78 is 36.8. The molecular weight excluding hydrogens is 529 g/mol. The third kappa shape index (κ3) is 7.18. The van der Waals surface area contributed by atoms with Gasteiger partial charge in [0.25, 0.3) is 10.0 Å². The summed E-state index contributed by atoms with van der Waals surface area (Å²) >= 11 is 3.03. The molecule has 0 bridgehead atoms. The number of rotatable bonds is 12. The molecule has 0 aliphatic heterocycles. The van der Waals surface area contributed by atoms with Crippen LogP contribution in [0.25, 0.3) is 11.1 Å². The first-order chi connectivity index (χ1) is 17.7. The Morgan fingerprint density at radius 1 is 1.14 bits per heavy atom. The number of carbonyl (C=O) groups is 1. The van der Waals surface area contributed by atoms with Crippen LogP contribution in [0.5, 0.6) is 0 Å². The number of hydrogen-bond donors (Lipinski definition) is 0. The van der Waals surface area contributed by atoms with Gasteiger partial charge in [0.2, 0.25) is 0 Å². The van der Waals surface area contributed by atoms with Crippen molar-refractivity contribution in [1.29, 1.82) is 0 Å². The first-order valence-electron chi connectivity index (χ1n) is 11.8. The molecule has 8 nitrogen and oxygen atoms in total. The molecule has 0 aliphatic carbocycles. The molecule has 11 heteroatoms. The highest BCUT2D eigenvalue weighted by Gasteiger charge is 2.24. The van der Waals surface area contributed by atoms with E-state index in [0.29, 0.717) is 22.8 Å². The Bertz CT molecular complexity index is 1350. The summed E-state index contributed by atoms with van der Waals surface area (Å²) in [6, 6.07) is 14.5. The fraction of sp³-hybridized carbons (Fsp3) is 0.346. The van der Waals surface area contributed by atoms with Crippen LogP contribution >= 0.6 is 23.5 Å². The highest BCUT2D eigenvalue weighted by Crippen LogP contribution is 2.31. The molecule has 1 heterocycles. The van der Waals surface area contributed by atoms with Crippen molar-refractivity contribution in [3.63, 3.8) is 0 Å². The summed E-state index contributed by atoms with van der Waals surface area (Å²) in [5, 5.41) is 1.42. The van der Waals surface area contributed by atoms with Gasteiger partial charge in [-0.3, -0.25) is 0 Å². The van der Waals surface area contributed by atoms with Gasteiger partial charge in [0.1, 0.15) is 11.4 Å². The first kappa shape index (κ1) is 28.8. The van der Waals surface area contributed by atoms with Gasteiger partial charge in [-0.1, -0.05) is 61.2 Å². The standard InChI is InChI=1S/C26H32N4O4S3/c1-6-16-36-26-28-24(35-5)23(25(31)34-7-2)30(26)17-19-12-14-20(15-13-19)21-10-8-9-11-22(21)37(32,33)27-18-29(3)4/h8-15,18H,6-7,16-17H2,1-5H3. The van der Waals surface area contributed by atoms with E-state index in [9.17, 15) is 13.2 Å². The molecule has 0 spiro atoms. The van der Waals surface area contributed by atoms with Crippen LogP contribution in [0.2, 0.25) is 0 Å². The molecule has 37 heavy (non-hydrogen) atoms. The van der Waals surface area contributed by atoms with Gasteiger partial charge < -0.3 is 14.2 Å². The predicted molar refractivity (Wildman–Crippen MR) is 151 cm³/mol. The fourth-order valence-corrected chi connectivity index (χ4v) is 6.13. The van der Waals surface area contributed by atoms with Gasteiger partial charge in [-0.2, -0.15) is 8.42 Å². The maximum atomic E-state index is 12.9. The zero-order valence-corrected chi connectivity index (χ0v) is 24.1. The van der Waals surface area contributed by atoms with Crippen LogP contribution in [0.15, 0.2) is 68.0 Å². The van der Waals surface area contributed by atoms with Crippen LogP contribution < -0.4 is 0 Å². The van der Waals surface area contributed by atoms with Gasteiger partial charge in [0, 0.05) is 25.4 Å². The van der Waals surface area contributed by atoms with E-state index in [1.54, 1.807) is 61.9 Å². The molecule has 0 aliphatic rings. The Morgan fingerprint density at radius 2 is 1.84 bits per heavy atom. The Balaban J connectivity index is 1.98. The van der Waals surface area contributed by atoms with E-state index in [-0.39, 0.29) is 11.5 Å². The topological polar surface area (TPSA) is 93.9 Å². The number of hydrogen-bond acceptors (Lipinski definition) is 7. The zero-order valence-electron chi connectivity index (χ0n) is 21.7. The van der Waals surface area contributed by atoms with Crippen molar-refractivity contribution in [3.05, 3.63) is 59.8 Å². The molecule has 0 atom stereocenters. The van der Waals surface area contributed by atoms with Crippen molar-refractivity contribution in [2.45, 2.75) is 41.9 Å². The van der Waals surface area contributed by atoms with Crippen LogP contribution in [-0.2, 0) is 21.3 Å². The lowest BCUT2D eigenvalue weighted by molar-refractivity contribution is 0.0509. The molecule has 3 aromatic rings. The zero-order chi connectivity index (χ0) is 27.0. The Labute approximate surface area is 227 Å². The number of ether oxygens (including phenoxy) is 1. The summed E-state index contributed by atoms with van der Waals surface area (Å²) in [6.07, 6.45) is 4.15. The van der Waals surface area contributed by atoms with E-state index >= 15 is 0 Å². The van der Waals surface area contributed by atoms with Gasteiger partial charge in [-0.15, -0.1) is 16.2 Å². The van der Waals surface area contributed by atoms with Gasteiger partial charge in [-0.05, 0) is 36.8 Å². The average molecular weight is 561 g/mol. The molecule has 0 unspecified atom stereocenters. The summed E-state index contributed by atoms with van der Waals surface area (Å²) in [5.74, 6) is 0.491. The van der Waals surface area contributed by atoms with E-state index in [0.717, 1.165) is 28.5 Å². The van der Waals surface area contributed by atoms with Crippen LogP contribution in [0.3, 0.4) is 0 Å². The highest BCUT2D eigenvalue weighted by molar-refractivity contribution is 7.99. The van der Waals surface area contributed by atoms with Crippen LogP contribution in [0.1, 0.15) is 36.3 Å². The lowest BCUT2D eigenvalue weighted by Gasteiger charge is -2.13. The SMILES string of the molecule is CCCSc1nc(SC)c(C(=O)OCC)n1Cc1ccc(-c2ccccc2S(=O)(=O)N=CN(C)C)cc1. The van der Waals surface area contributed by atoms with Crippen LogP contribution in [0, 0.1) is 0 Å². The maximum absolute atomic E-state index is 12.9. The van der Waals surface area contributed by atoms with Gasteiger partial charge in [-0.25, -0.2) is 9.78 Å². The number of benzene rings is 2. The van der Waals surface area contributed by atoms with E-state index in [4.69, 9.17) is 9.72 Å². The predicted octanol–water partition coefficient (Wildman–Crippen LogP) is 5.28.